The highest BCUT2D eigenvalue weighted by Crippen LogP contribution is 2.27. The maximum absolute atomic E-state index is 12.6. The molecule has 1 aromatic carbocycles. The van der Waals surface area contributed by atoms with E-state index in [1.165, 1.54) is 11.8 Å². The molecule has 0 saturated heterocycles. The predicted molar refractivity (Wildman–Crippen MR) is 117 cm³/mol. The van der Waals surface area contributed by atoms with Gasteiger partial charge in [0.2, 0.25) is 5.44 Å². The lowest BCUT2D eigenvalue weighted by atomic mass is 10.1. The molecule has 1 N–H and O–H groups in total. The van der Waals surface area contributed by atoms with E-state index >= 15 is 0 Å². The number of carbonyl (C=O) groups excluding carboxylic acids is 1. The van der Waals surface area contributed by atoms with Crippen LogP contribution in [0.4, 0.5) is 0 Å². The van der Waals surface area contributed by atoms with Crippen LogP contribution in [-0.4, -0.2) is 28.1 Å². The molecule has 1 atom stereocenters. The maximum Gasteiger partial charge on any atom is 0.272 e. The number of thioether (sulfide) groups is 1. The number of benzene rings is 1. The van der Waals surface area contributed by atoms with Gasteiger partial charge in [-0.15, -0.1) is 17.7 Å². The molecule has 138 valence electrons. The minimum absolute atomic E-state index is 0.188. The molecule has 26 heavy (non-hydrogen) atoms. The van der Waals surface area contributed by atoms with Gasteiger partial charge in [-0.2, -0.15) is 0 Å². The summed E-state index contributed by atoms with van der Waals surface area (Å²) in [7, 11) is 0. The van der Waals surface area contributed by atoms with Gasteiger partial charge in [0.15, 0.2) is 0 Å². The van der Waals surface area contributed by atoms with E-state index in [2.05, 4.69) is 50.8 Å². The lowest BCUT2D eigenvalue weighted by Gasteiger charge is -2.24. The second kappa shape index (κ2) is 8.96. The summed E-state index contributed by atoms with van der Waals surface area (Å²) in [5.74, 6) is 6.55. The van der Waals surface area contributed by atoms with Crippen LogP contribution < -0.4 is 10.1 Å². The van der Waals surface area contributed by atoms with E-state index in [1.54, 1.807) is 0 Å². The van der Waals surface area contributed by atoms with Crippen molar-refractivity contribution in [3.8, 4) is 17.6 Å². The second-order valence-corrected chi connectivity index (χ2v) is 8.57. The van der Waals surface area contributed by atoms with Crippen LogP contribution >= 0.6 is 34.4 Å². The summed E-state index contributed by atoms with van der Waals surface area (Å²) in [6, 6.07) is 5.90. The molecule has 0 spiro atoms. The third-order valence-electron chi connectivity index (χ3n) is 3.60. The molecule has 2 aromatic rings. The molecule has 0 bridgehead atoms. The van der Waals surface area contributed by atoms with E-state index in [4.69, 9.17) is 4.74 Å². The van der Waals surface area contributed by atoms with E-state index in [0.29, 0.717) is 5.75 Å². The number of nitrogens with one attached hydrogen (secondary N) is 1. The summed E-state index contributed by atoms with van der Waals surface area (Å²) in [5.41, 5.74) is 0.719. The van der Waals surface area contributed by atoms with Crippen molar-refractivity contribution in [2.24, 2.45) is 0 Å². The van der Waals surface area contributed by atoms with E-state index in [9.17, 15) is 4.79 Å². The third-order valence-corrected chi connectivity index (χ3v) is 4.93. The number of ether oxygens (including phenoxy) is 1. The second-order valence-electron chi connectivity index (χ2n) is 6.42. The fourth-order valence-corrected chi connectivity index (χ4v) is 3.43. The molecule has 2 rings (SSSR count). The first-order valence-corrected chi connectivity index (χ1v) is 10.7. The zero-order valence-corrected chi connectivity index (χ0v) is 18.6. The van der Waals surface area contributed by atoms with Crippen molar-refractivity contribution in [2.75, 3.05) is 6.26 Å². The van der Waals surface area contributed by atoms with Gasteiger partial charge in [0, 0.05) is 21.6 Å². The first kappa shape index (κ1) is 20.8. The van der Waals surface area contributed by atoms with Crippen molar-refractivity contribution in [2.45, 2.75) is 45.1 Å². The first-order valence-electron chi connectivity index (χ1n) is 8.33. The summed E-state index contributed by atoms with van der Waals surface area (Å²) in [6.45, 7) is 7.75. The predicted octanol–water partition coefficient (Wildman–Crippen LogP) is 4.52. The molecule has 4 nitrogen and oxygen atoms in total. The van der Waals surface area contributed by atoms with Crippen LogP contribution in [0.1, 0.15) is 32.8 Å². The Kier molecular flexibility index (Phi) is 7.18. The number of aryl methyl sites for hydroxylation is 1. The lowest BCUT2D eigenvalue weighted by Crippen LogP contribution is -2.47. The van der Waals surface area contributed by atoms with Crippen molar-refractivity contribution in [3.63, 3.8) is 0 Å². The topological polar surface area (TPSA) is 51.2 Å². The molecule has 1 aromatic heterocycles. The van der Waals surface area contributed by atoms with E-state index in [1.807, 2.05) is 52.3 Å². The summed E-state index contributed by atoms with van der Waals surface area (Å²) in [6.07, 6.45) is 4.45. The molecule has 0 fully saturated rings. The fourth-order valence-electron chi connectivity index (χ4n) is 2.48. The van der Waals surface area contributed by atoms with Crippen LogP contribution in [0, 0.1) is 22.3 Å². The number of carbonyl (C=O) groups is 1. The molecule has 6 heteroatoms. The van der Waals surface area contributed by atoms with Crippen molar-refractivity contribution < 1.29 is 9.53 Å². The Bertz CT molecular complexity index is 871. The van der Waals surface area contributed by atoms with Crippen LogP contribution in [0.3, 0.4) is 0 Å². The van der Waals surface area contributed by atoms with Gasteiger partial charge >= 0.3 is 0 Å². The quantitative estimate of drug-likeness (QED) is 0.387. The normalized spacial score (nSPS) is 12.2. The molecular weight excluding hydrogens is 459 g/mol. The third kappa shape index (κ3) is 5.52. The number of hydrogen-bond acceptors (Lipinski definition) is 4. The van der Waals surface area contributed by atoms with Gasteiger partial charge in [-0.25, -0.2) is 0 Å². The van der Waals surface area contributed by atoms with Gasteiger partial charge in [0.1, 0.15) is 5.75 Å². The van der Waals surface area contributed by atoms with Crippen LogP contribution in [0.2, 0.25) is 0 Å². The Hall–Kier alpha value is -1.46. The highest BCUT2D eigenvalue weighted by atomic mass is 127. The van der Waals surface area contributed by atoms with E-state index in [-0.39, 0.29) is 5.91 Å². The van der Waals surface area contributed by atoms with Crippen LogP contribution in [0.15, 0.2) is 24.4 Å². The van der Waals surface area contributed by atoms with Gasteiger partial charge in [0.25, 0.3) is 5.91 Å². The molecule has 0 saturated carbocycles. The van der Waals surface area contributed by atoms with Crippen LogP contribution in [0.25, 0.3) is 10.9 Å². The van der Waals surface area contributed by atoms with Crippen LogP contribution in [0.5, 0.6) is 5.75 Å². The molecule has 0 radical (unpaired) electrons. The Labute approximate surface area is 173 Å². The summed E-state index contributed by atoms with van der Waals surface area (Å²) in [4.78, 5) is 17.1. The van der Waals surface area contributed by atoms with Gasteiger partial charge in [0.05, 0.1) is 11.1 Å². The van der Waals surface area contributed by atoms with Gasteiger partial charge in [-0.3, -0.25) is 9.78 Å². The number of aromatic nitrogens is 1. The minimum Gasteiger partial charge on any atom is -0.470 e. The Balaban J connectivity index is 2.21. The average Bonchev–Trinajstić information content (AvgIpc) is 2.57. The summed E-state index contributed by atoms with van der Waals surface area (Å²) < 4.78 is 7.03. The highest BCUT2D eigenvalue weighted by molar-refractivity contribution is 14.1. The zero-order chi connectivity index (χ0) is 19.3. The number of fused-ring (bicyclic) bond motifs is 1. The number of nitrogens with zero attached hydrogens (tertiary/aromatic N) is 1. The van der Waals surface area contributed by atoms with Crippen molar-refractivity contribution in [3.05, 3.63) is 33.5 Å². The van der Waals surface area contributed by atoms with Crippen LogP contribution in [-0.2, 0) is 4.79 Å². The molecule has 1 amide bonds. The molecule has 1 unspecified atom stereocenters. The Morgan fingerprint density at radius 1 is 1.42 bits per heavy atom. The fraction of sp³-hybridized carbons (Fsp3) is 0.400. The van der Waals surface area contributed by atoms with Crippen molar-refractivity contribution >= 4 is 51.2 Å². The monoisotopic (exact) mass is 482 g/mol. The largest absolute Gasteiger partial charge is 0.470 e. The van der Waals surface area contributed by atoms with Gasteiger partial charge < -0.3 is 10.1 Å². The number of rotatable bonds is 5. The smallest absolute Gasteiger partial charge is 0.272 e. The number of amides is 1. The highest BCUT2D eigenvalue weighted by Gasteiger charge is 2.25. The Morgan fingerprint density at radius 3 is 2.81 bits per heavy atom. The molecule has 1 heterocycles. The number of pyridine rings is 1. The standard InChI is InChI=1S/C20H23IN2O2S/c1-6-7-8-20(3,4)23-18(24)19(26-5)25-16-9-13(2)17-14(11-16)10-15(21)12-22-17/h9-12,19H,6H2,1-5H3,(H,23,24). The maximum atomic E-state index is 12.6. The average molecular weight is 482 g/mol. The summed E-state index contributed by atoms with van der Waals surface area (Å²) in [5, 5.41) is 3.95. The number of hydrogen-bond donors (Lipinski definition) is 1. The van der Waals surface area contributed by atoms with Gasteiger partial charge in [-0.05, 0) is 73.4 Å². The summed E-state index contributed by atoms with van der Waals surface area (Å²) >= 11 is 3.59. The number of halogens is 1. The van der Waals surface area contributed by atoms with Gasteiger partial charge in [-0.1, -0.05) is 12.8 Å². The molecule has 0 aliphatic rings. The van der Waals surface area contributed by atoms with E-state index < -0.39 is 11.0 Å². The minimum atomic E-state index is -0.648. The van der Waals surface area contributed by atoms with Crippen molar-refractivity contribution in [1.82, 2.24) is 10.3 Å². The SMILES string of the molecule is CCC#CC(C)(C)NC(=O)C(Oc1cc(C)c2ncc(I)cc2c1)SC. The zero-order valence-electron chi connectivity index (χ0n) is 15.6. The Morgan fingerprint density at radius 2 is 2.15 bits per heavy atom. The van der Waals surface area contributed by atoms with E-state index in [0.717, 1.165) is 26.5 Å². The van der Waals surface area contributed by atoms with Crippen molar-refractivity contribution in [1.29, 1.82) is 0 Å². The lowest BCUT2D eigenvalue weighted by molar-refractivity contribution is -0.125. The molecule has 0 aliphatic carbocycles. The first-order chi connectivity index (χ1) is 12.3. The molecule has 0 aliphatic heterocycles. The molecular formula is C20H23IN2O2S.